The zero-order valence-corrected chi connectivity index (χ0v) is 11.4. The lowest BCUT2D eigenvalue weighted by molar-refractivity contribution is 0.0683. The molecule has 0 saturated heterocycles. The highest BCUT2D eigenvalue weighted by molar-refractivity contribution is 6.36. The molecule has 0 unspecified atom stereocenters. The standard InChI is InChI=1S/C13H7Cl2N3O2/c14-7-1-2-8(9(15)5-7)11-10-6-16-3-4-18(10)12(17-11)13(19)20/h1-6H,(H,19,20). The minimum atomic E-state index is -1.12. The van der Waals surface area contributed by atoms with Crippen LogP contribution in [-0.2, 0) is 0 Å². The van der Waals surface area contributed by atoms with Crippen molar-refractivity contribution in [2.45, 2.75) is 0 Å². The zero-order valence-electron chi connectivity index (χ0n) is 9.92. The number of rotatable bonds is 2. The number of carbonyl (C=O) groups is 1. The lowest BCUT2D eigenvalue weighted by Crippen LogP contribution is -2.03. The van der Waals surface area contributed by atoms with Crippen molar-refractivity contribution in [1.82, 2.24) is 14.4 Å². The highest BCUT2D eigenvalue weighted by Crippen LogP contribution is 2.32. The third-order valence-corrected chi connectivity index (χ3v) is 3.37. The predicted octanol–water partition coefficient (Wildman–Crippen LogP) is 3.40. The Morgan fingerprint density at radius 1 is 1.30 bits per heavy atom. The van der Waals surface area contributed by atoms with Crippen molar-refractivity contribution >= 4 is 34.7 Å². The molecule has 0 atom stereocenters. The van der Waals surface area contributed by atoms with E-state index in [4.69, 9.17) is 23.2 Å². The average Bonchev–Trinajstić information content (AvgIpc) is 2.78. The quantitative estimate of drug-likeness (QED) is 0.788. The number of aromatic carboxylic acids is 1. The van der Waals surface area contributed by atoms with E-state index in [1.54, 1.807) is 30.6 Å². The minimum Gasteiger partial charge on any atom is -0.475 e. The Bertz CT molecular complexity index is 830. The average molecular weight is 308 g/mol. The Hall–Kier alpha value is -2.11. The summed E-state index contributed by atoms with van der Waals surface area (Å²) in [7, 11) is 0. The highest BCUT2D eigenvalue weighted by Gasteiger charge is 2.19. The molecule has 2 aromatic heterocycles. The molecule has 0 aliphatic heterocycles. The first kappa shape index (κ1) is 12.9. The summed E-state index contributed by atoms with van der Waals surface area (Å²) >= 11 is 12.0. The van der Waals surface area contributed by atoms with Gasteiger partial charge in [0.25, 0.3) is 0 Å². The first-order chi connectivity index (χ1) is 9.58. The van der Waals surface area contributed by atoms with E-state index >= 15 is 0 Å². The van der Waals surface area contributed by atoms with Gasteiger partial charge < -0.3 is 5.11 Å². The summed E-state index contributed by atoms with van der Waals surface area (Å²) in [6.07, 6.45) is 4.58. The van der Waals surface area contributed by atoms with E-state index in [-0.39, 0.29) is 5.82 Å². The van der Waals surface area contributed by atoms with E-state index in [2.05, 4.69) is 9.97 Å². The number of fused-ring (bicyclic) bond motifs is 1. The molecule has 0 aliphatic rings. The Kier molecular flexibility index (Phi) is 3.08. The van der Waals surface area contributed by atoms with E-state index in [9.17, 15) is 9.90 Å². The number of carboxylic acid groups (broad SMARTS) is 1. The molecule has 7 heteroatoms. The summed E-state index contributed by atoms with van der Waals surface area (Å²) in [5.41, 5.74) is 1.63. The van der Waals surface area contributed by atoms with Crippen LogP contribution in [0, 0.1) is 0 Å². The summed E-state index contributed by atoms with van der Waals surface area (Å²) in [5.74, 6) is -1.22. The highest BCUT2D eigenvalue weighted by atomic mass is 35.5. The van der Waals surface area contributed by atoms with Crippen LogP contribution in [-0.4, -0.2) is 25.4 Å². The van der Waals surface area contributed by atoms with Gasteiger partial charge in [-0.1, -0.05) is 23.2 Å². The number of benzene rings is 1. The van der Waals surface area contributed by atoms with E-state index in [0.717, 1.165) is 0 Å². The third-order valence-electron chi connectivity index (χ3n) is 2.82. The normalized spacial score (nSPS) is 10.9. The lowest BCUT2D eigenvalue weighted by atomic mass is 10.1. The second kappa shape index (κ2) is 4.77. The van der Waals surface area contributed by atoms with E-state index < -0.39 is 5.97 Å². The van der Waals surface area contributed by atoms with Crippen LogP contribution in [0.15, 0.2) is 36.8 Å². The number of halogens is 2. The Balaban J connectivity index is 2.34. The molecular formula is C13H7Cl2N3O2. The molecule has 5 nitrogen and oxygen atoms in total. The number of carboxylic acids is 1. The van der Waals surface area contributed by atoms with Gasteiger partial charge in [-0.3, -0.25) is 9.38 Å². The molecule has 2 heterocycles. The molecule has 0 bridgehead atoms. The Labute approximate surface area is 123 Å². The van der Waals surface area contributed by atoms with E-state index in [1.807, 2.05) is 0 Å². The van der Waals surface area contributed by atoms with Crippen LogP contribution < -0.4 is 0 Å². The molecule has 0 amide bonds. The molecule has 0 spiro atoms. The van der Waals surface area contributed by atoms with Gasteiger partial charge in [0.2, 0.25) is 5.82 Å². The van der Waals surface area contributed by atoms with Crippen LogP contribution in [0.2, 0.25) is 10.0 Å². The van der Waals surface area contributed by atoms with Crippen LogP contribution in [0.4, 0.5) is 0 Å². The molecular weight excluding hydrogens is 301 g/mol. The Morgan fingerprint density at radius 3 is 2.80 bits per heavy atom. The lowest BCUT2D eigenvalue weighted by Gasteiger charge is -2.02. The van der Waals surface area contributed by atoms with Gasteiger partial charge in [-0.25, -0.2) is 9.78 Å². The molecule has 0 fully saturated rings. The fourth-order valence-corrected chi connectivity index (χ4v) is 2.47. The molecule has 0 aliphatic carbocycles. The van der Waals surface area contributed by atoms with Crippen molar-refractivity contribution in [2.24, 2.45) is 0 Å². The second-order valence-electron chi connectivity index (χ2n) is 4.04. The second-order valence-corrected chi connectivity index (χ2v) is 4.89. The number of aromatic nitrogens is 3. The molecule has 3 aromatic rings. The topological polar surface area (TPSA) is 67.5 Å². The summed E-state index contributed by atoms with van der Waals surface area (Å²) in [6, 6.07) is 4.96. The third kappa shape index (κ3) is 2.01. The minimum absolute atomic E-state index is 0.0941. The van der Waals surface area contributed by atoms with Gasteiger partial charge in [-0.05, 0) is 18.2 Å². The molecule has 0 radical (unpaired) electrons. The smallest absolute Gasteiger partial charge is 0.372 e. The SMILES string of the molecule is O=C(O)c1nc(-c2ccc(Cl)cc2Cl)c2cnccn12. The monoisotopic (exact) mass is 307 g/mol. The van der Waals surface area contributed by atoms with Gasteiger partial charge in [0.05, 0.1) is 16.7 Å². The molecule has 0 saturated carbocycles. The van der Waals surface area contributed by atoms with Crippen molar-refractivity contribution in [1.29, 1.82) is 0 Å². The Morgan fingerprint density at radius 2 is 2.10 bits per heavy atom. The van der Waals surface area contributed by atoms with Gasteiger partial charge in [-0.15, -0.1) is 0 Å². The number of imidazole rings is 1. The van der Waals surface area contributed by atoms with Gasteiger partial charge >= 0.3 is 5.97 Å². The summed E-state index contributed by atoms with van der Waals surface area (Å²) in [6.45, 7) is 0. The number of hydrogen-bond acceptors (Lipinski definition) is 3. The van der Waals surface area contributed by atoms with Crippen molar-refractivity contribution in [2.75, 3.05) is 0 Å². The molecule has 3 rings (SSSR count). The predicted molar refractivity (Wildman–Crippen MR) is 75.4 cm³/mol. The molecule has 1 N–H and O–H groups in total. The van der Waals surface area contributed by atoms with Gasteiger partial charge in [0.15, 0.2) is 0 Å². The van der Waals surface area contributed by atoms with Gasteiger partial charge in [-0.2, -0.15) is 0 Å². The van der Waals surface area contributed by atoms with Crippen LogP contribution in [0.3, 0.4) is 0 Å². The van der Waals surface area contributed by atoms with Crippen molar-refractivity contribution in [3.05, 3.63) is 52.7 Å². The maximum absolute atomic E-state index is 11.2. The van der Waals surface area contributed by atoms with Crippen LogP contribution in [0.25, 0.3) is 16.8 Å². The number of nitrogens with zero attached hydrogens (tertiary/aromatic N) is 3. The summed E-state index contributed by atoms with van der Waals surface area (Å²) in [4.78, 5) is 19.4. The maximum atomic E-state index is 11.2. The van der Waals surface area contributed by atoms with E-state index in [1.165, 1.54) is 10.6 Å². The summed E-state index contributed by atoms with van der Waals surface area (Å²) in [5, 5.41) is 10.1. The largest absolute Gasteiger partial charge is 0.475 e. The first-order valence-corrected chi connectivity index (χ1v) is 6.34. The first-order valence-electron chi connectivity index (χ1n) is 5.58. The van der Waals surface area contributed by atoms with Crippen LogP contribution in [0.1, 0.15) is 10.6 Å². The summed E-state index contributed by atoms with van der Waals surface area (Å²) < 4.78 is 1.45. The van der Waals surface area contributed by atoms with Crippen LogP contribution in [0.5, 0.6) is 0 Å². The number of hydrogen-bond donors (Lipinski definition) is 1. The molecule has 100 valence electrons. The van der Waals surface area contributed by atoms with Gasteiger partial charge in [0, 0.05) is 23.0 Å². The fourth-order valence-electron chi connectivity index (χ4n) is 1.97. The molecule has 1 aromatic carbocycles. The zero-order chi connectivity index (χ0) is 14.3. The van der Waals surface area contributed by atoms with Crippen LogP contribution >= 0.6 is 23.2 Å². The van der Waals surface area contributed by atoms with Gasteiger partial charge in [0.1, 0.15) is 5.69 Å². The fraction of sp³-hybridized carbons (Fsp3) is 0. The van der Waals surface area contributed by atoms with E-state index in [0.29, 0.717) is 26.8 Å². The maximum Gasteiger partial charge on any atom is 0.372 e. The van der Waals surface area contributed by atoms with Crippen molar-refractivity contribution < 1.29 is 9.90 Å². The van der Waals surface area contributed by atoms with Crippen molar-refractivity contribution in [3.8, 4) is 11.3 Å². The van der Waals surface area contributed by atoms with Crippen molar-refractivity contribution in [3.63, 3.8) is 0 Å². The molecule has 20 heavy (non-hydrogen) atoms.